The topological polar surface area (TPSA) is 74.7 Å². The van der Waals surface area contributed by atoms with Gasteiger partial charge >= 0.3 is 5.97 Å². The summed E-state index contributed by atoms with van der Waals surface area (Å²) in [4.78, 5) is 10.9. The summed E-state index contributed by atoms with van der Waals surface area (Å²) in [6.45, 7) is 2.05. The van der Waals surface area contributed by atoms with Crippen LogP contribution in [0.5, 0.6) is 0 Å². The van der Waals surface area contributed by atoms with Crippen molar-refractivity contribution in [2.24, 2.45) is 0 Å². The van der Waals surface area contributed by atoms with Crippen LogP contribution in [-0.2, 0) is 21.2 Å². The Morgan fingerprint density at radius 3 is 2.35 bits per heavy atom. The molecule has 1 aliphatic rings. The molecule has 1 aromatic rings. The Hall–Kier alpha value is -1.40. The second kappa shape index (κ2) is 5.93. The molecule has 1 saturated carbocycles. The van der Waals surface area contributed by atoms with E-state index in [9.17, 15) is 13.2 Å². The van der Waals surface area contributed by atoms with Crippen molar-refractivity contribution >= 4 is 16.0 Å². The second-order valence-corrected chi connectivity index (χ2v) is 6.88. The fourth-order valence-electron chi connectivity index (χ4n) is 2.10. The molecule has 6 heteroatoms. The minimum atomic E-state index is -3.59. The third-order valence-electron chi connectivity index (χ3n) is 3.44. The average molecular weight is 297 g/mol. The van der Waals surface area contributed by atoms with Gasteiger partial charge in [-0.05, 0) is 37.0 Å². The van der Waals surface area contributed by atoms with Gasteiger partial charge in [0.25, 0.3) is 0 Å². The number of carbonyl (C=O) groups is 1. The molecule has 0 aromatic heterocycles. The SMILES string of the molecule is CCc1ccc(S(=O)(=O)N(CCC(=O)O)C2CC2)cc1. The molecular weight excluding hydrogens is 278 g/mol. The predicted octanol–water partition coefficient (Wildman–Crippen LogP) is 1.88. The first kappa shape index (κ1) is 15.0. The highest BCUT2D eigenvalue weighted by molar-refractivity contribution is 7.89. The van der Waals surface area contributed by atoms with E-state index in [1.54, 1.807) is 24.3 Å². The molecule has 0 atom stereocenters. The first-order valence-electron chi connectivity index (χ1n) is 6.77. The van der Waals surface area contributed by atoms with E-state index < -0.39 is 16.0 Å². The van der Waals surface area contributed by atoms with Gasteiger partial charge in [-0.3, -0.25) is 4.79 Å². The highest BCUT2D eigenvalue weighted by atomic mass is 32.2. The van der Waals surface area contributed by atoms with Crippen LogP contribution in [0.3, 0.4) is 0 Å². The van der Waals surface area contributed by atoms with E-state index in [1.807, 2.05) is 6.92 Å². The molecule has 1 N–H and O–H groups in total. The first-order valence-corrected chi connectivity index (χ1v) is 8.21. The molecule has 0 spiro atoms. The molecule has 2 rings (SSSR count). The van der Waals surface area contributed by atoms with Crippen molar-refractivity contribution in [2.75, 3.05) is 6.54 Å². The Labute approximate surface area is 119 Å². The lowest BCUT2D eigenvalue weighted by atomic mass is 10.2. The summed E-state index contributed by atoms with van der Waals surface area (Å²) in [5, 5.41) is 8.75. The number of rotatable bonds is 7. The van der Waals surface area contributed by atoms with E-state index in [0.717, 1.165) is 24.8 Å². The molecule has 0 heterocycles. The van der Waals surface area contributed by atoms with Crippen LogP contribution < -0.4 is 0 Å². The Bertz CT molecular complexity index is 576. The van der Waals surface area contributed by atoms with Gasteiger partial charge in [0.15, 0.2) is 0 Å². The summed E-state index contributed by atoms with van der Waals surface area (Å²) >= 11 is 0. The Balaban J connectivity index is 2.22. The number of aryl methyl sites for hydroxylation is 1. The van der Waals surface area contributed by atoms with Gasteiger partial charge in [-0.2, -0.15) is 4.31 Å². The normalized spacial score (nSPS) is 15.5. The molecular formula is C14H19NO4S. The van der Waals surface area contributed by atoms with Crippen LogP contribution in [0.4, 0.5) is 0 Å². The number of hydrogen-bond acceptors (Lipinski definition) is 3. The largest absolute Gasteiger partial charge is 0.481 e. The number of hydrogen-bond donors (Lipinski definition) is 1. The molecule has 20 heavy (non-hydrogen) atoms. The van der Waals surface area contributed by atoms with Crippen molar-refractivity contribution in [1.29, 1.82) is 0 Å². The summed E-state index contributed by atoms with van der Waals surface area (Å²) in [6, 6.07) is 6.77. The van der Waals surface area contributed by atoms with E-state index in [4.69, 9.17) is 5.11 Å². The fourth-order valence-corrected chi connectivity index (χ4v) is 3.79. The molecule has 1 aromatic carbocycles. The van der Waals surface area contributed by atoms with Crippen molar-refractivity contribution in [3.8, 4) is 0 Å². The van der Waals surface area contributed by atoms with Gasteiger partial charge in [0.2, 0.25) is 10.0 Å². The molecule has 0 bridgehead atoms. The summed E-state index contributed by atoms with van der Waals surface area (Å²) in [7, 11) is -3.59. The molecule has 1 fully saturated rings. The Kier molecular flexibility index (Phi) is 4.45. The molecule has 5 nitrogen and oxygen atoms in total. The van der Waals surface area contributed by atoms with E-state index >= 15 is 0 Å². The van der Waals surface area contributed by atoms with Crippen LogP contribution in [-0.4, -0.2) is 36.4 Å². The van der Waals surface area contributed by atoms with Crippen molar-refractivity contribution in [3.63, 3.8) is 0 Å². The van der Waals surface area contributed by atoms with Crippen molar-refractivity contribution in [1.82, 2.24) is 4.31 Å². The molecule has 0 unspecified atom stereocenters. The summed E-state index contributed by atoms with van der Waals surface area (Å²) in [6.07, 6.45) is 2.31. The maximum atomic E-state index is 12.6. The van der Waals surface area contributed by atoms with E-state index in [1.165, 1.54) is 4.31 Å². The minimum Gasteiger partial charge on any atom is -0.481 e. The van der Waals surface area contributed by atoms with Crippen molar-refractivity contribution < 1.29 is 18.3 Å². The van der Waals surface area contributed by atoms with Crippen LogP contribution in [0.1, 0.15) is 31.7 Å². The first-order chi connectivity index (χ1) is 9.45. The van der Waals surface area contributed by atoms with E-state index in [-0.39, 0.29) is 23.9 Å². The zero-order valence-corrected chi connectivity index (χ0v) is 12.3. The van der Waals surface area contributed by atoms with Gasteiger partial charge in [0.1, 0.15) is 0 Å². The van der Waals surface area contributed by atoms with Crippen LogP contribution in [0.2, 0.25) is 0 Å². The monoisotopic (exact) mass is 297 g/mol. The predicted molar refractivity (Wildman–Crippen MR) is 75.0 cm³/mol. The Morgan fingerprint density at radius 1 is 1.30 bits per heavy atom. The third-order valence-corrected chi connectivity index (χ3v) is 5.40. The highest BCUT2D eigenvalue weighted by Gasteiger charge is 2.37. The maximum Gasteiger partial charge on any atom is 0.304 e. The van der Waals surface area contributed by atoms with Crippen LogP contribution in [0, 0.1) is 0 Å². The second-order valence-electron chi connectivity index (χ2n) is 4.99. The lowest BCUT2D eigenvalue weighted by molar-refractivity contribution is -0.137. The number of aliphatic carboxylic acids is 1. The number of sulfonamides is 1. The van der Waals surface area contributed by atoms with Crippen LogP contribution >= 0.6 is 0 Å². The quantitative estimate of drug-likeness (QED) is 0.834. The van der Waals surface area contributed by atoms with Gasteiger partial charge in [-0.1, -0.05) is 19.1 Å². The van der Waals surface area contributed by atoms with E-state index in [0.29, 0.717) is 0 Å². The summed E-state index contributed by atoms with van der Waals surface area (Å²) in [5.74, 6) is -0.979. The molecule has 0 saturated heterocycles. The van der Waals surface area contributed by atoms with Crippen LogP contribution in [0.25, 0.3) is 0 Å². The Morgan fingerprint density at radius 2 is 1.90 bits per heavy atom. The molecule has 0 amide bonds. The lowest BCUT2D eigenvalue weighted by Gasteiger charge is -2.21. The van der Waals surface area contributed by atoms with E-state index in [2.05, 4.69) is 0 Å². The van der Waals surface area contributed by atoms with Gasteiger partial charge in [0, 0.05) is 12.6 Å². The average Bonchev–Trinajstić information content (AvgIpc) is 3.23. The standard InChI is InChI=1S/C14H19NO4S/c1-2-11-3-7-13(8-4-11)20(18,19)15(12-5-6-12)10-9-14(16)17/h3-4,7-8,12H,2,5-6,9-10H2,1H3,(H,16,17). The fraction of sp³-hybridized carbons (Fsp3) is 0.500. The van der Waals surface area contributed by atoms with Crippen molar-refractivity contribution in [3.05, 3.63) is 29.8 Å². The summed E-state index contributed by atoms with van der Waals surface area (Å²) in [5.41, 5.74) is 1.08. The van der Waals surface area contributed by atoms with Gasteiger partial charge in [-0.25, -0.2) is 8.42 Å². The lowest BCUT2D eigenvalue weighted by Crippen LogP contribution is -2.35. The molecule has 110 valence electrons. The van der Waals surface area contributed by atoms with Crippen molar-refractivity contribution in [2.45, 2.75) is 43.5 Å². The third kappa shape index (κ3) is 3.37. The number of carboxylic acids is 1. The maximum absolute atomic E-state index is 12.6. The minimum absolute atomic E-state index is 0.0369. The molecule has 0 radical (unpaired) electrons. The smallest absolute Gasteiger partial charge is 0.304 e. The number of carboxylic acid groups (broad SMARTS) is 1. The highest BCUT2D eigenvalue weighted by Crippen LogP contribution is 2.32. The zero-order chi connectivity index (χ0) is 14.8. The van der Waals surface area contributed by atoms with Gasteiger partial charge in [-0.15, -0.1) is 0 Å². The molecule has 0 aliphatic heterocycles. The number of nitrogens with zero attached hydrogens (tertiary/aromatic N) is 1. The zero-order valence-electron chi connectivity index (χ0n) is 11.4. The van der Waals surface area contributed by atoms with Crippen LogP contribution in [0.15, 0.2) is 29.2 Å². The van der Waals surface area contributed by atoms with Gasteiger partial charge < -0.3 is 5.11 Å². The van der Waals surface area contributed by atoms with Gasteiger partial charge in [0.05, 0.1) is 11.3 Å². The number of benzene rings is 1. The summed E-state index contributed by atoms with van der Waals surface area (Å²) < 4.78 is 26.5. The molecule has 1 aliphatic carbocycles.